The number of aromatic nitrogens is 3. The molecule has 2 aromatic heterocycles. The maximum absolute atomic E-state index is 12.0. The molecule has 0 saturated heterocycles. The Morgan fingerprint density at radius 3 is 2.26 bits per heavy atom. The van der Waals surface area contributed by atoms with Crippen molar-refractivity contribution in [3.8, 4) is 11.5 Å². The first-order chi connectivity index (χ1) is 17.1. The highest BCUT2D eigenvalue weighted by Gasteiger charge is 2.24. The number of nitro groups is 1. The number of ether oxygens (including phenoxy) is 1. The van der Waals surface area contributed by atoms with Crippen LogP contribution in [0.25, 0.3) is 10.9 Å². The molecule has 9 heteroatoms. The van der Waals surface area contributed by atoms with Crippen molar-refractivity contribution in [2.75, 3.05) is 10.6 Å². The Balaban J connectivity index is 1.42. The standard InChI is InChI=1S/C26H20N6O3/c1-17-10-11-18-6-5-9-22(23(18)29-17)31-26-24(32(33)34)25(27-16-28-26)30-19-12-14-21(15-13-19)35-20-7-3-2-4-8-20/h2-16H,1H3,(H2,27,28,30,31). The molecule has 0 aliphatic rings. The van der Waals surface area contributed by atoms with Crippen LogP contribution in [0.2, 0.25) is 0 Å². The van der Waals surface area contributed by atoms with Crippen molar-refractivity contribution in [2.24, 2.45) is 0 Å². The number of nitrogens with one attached hydrogen (secondary N) is 2. The zero-order valence-electron chi connectivity index (χ0n) is 18.7. The lowest BCUT2D eigenvalue weighted by molar-refractivity contribution is -0.383. The number of rotatable bonds is 7. The normalized spacial score (nSPS) is 10.7. The van der Waals surface area contributed by atoms with Crippen LogP contribution in [0.5, 0.6) is 11.5 Å². The molecule has 3 aromatic carbocycles. The maximum atomic E-state index is 12.0. The van der Waals surface area contributed by atoms with E-state index in [2.05, 4.69) is 25.6 Å². The van der Waals surface area contributed by atoms with Gasteiger partial charge in [0.15, 0.2) is 0 Å². The third kappa shape index (κ3) is 4.83. The van der Waals surface area contributed by atoms with Crippen LogP contribution in [0, 0.1) is 17.0 Å². The number of anilines is 4. The second-order valence-electron chi connectivity index (χ2n) is 7.70. The van der Waals surface area contributed by atoms with Gasteiger partial charge in [-0.15, -0.1) is 0 Å². The Morgan fingerprint density at radius 2 is 1.51 bits per heavy atom. The van der Waals surface area contributed by atoms with Gasteiger partial charge in [-0.1, -0.05) is 36.4 Å². The number of nitrogens with zero attached hydrogens (tertiary/aromatic N) is 4. The maximum Gasteiger partial charge on any atom is 0.353 e. The first-order valence-corrected chi connectivity index (χ1v) is 10.8. The lowest BCUT2D eigenvalue weighted by Gasteiger charge is -2.12. The summed E-state index contributed by atoms with van der Waals surface area (Å²) in [6.07, 6.45) is 1.27. The van der Waals surface area contributed by atoms with E-state index in [0.29, 0.717) is 28.4 Å². The largest absolute Gasteiger partial charge is 0.457 e. The van der Waals surface area contributed by atoms with Crippen LogP contribution >= 0.6 is 0 Å². The van der Waals surface area contributed by atoms with Gasteiger partial charge in [-0.2, -0.15) is 0 Å². The molecular weight excluding hydrogens is 444 g/mol. The third-order valence-corrected chi connectivity index (χ3v) is 5.21. The molecule has 5 rings (SSSR count). The molecule has 5 aromatic rings. The Morgan fingerprint density at radius 1 is 0.800 bits per heavy atom. The molecule has 0 saturated carbocycles. The van der Waals surface area contributed by atoms with Crippen LogP contribution in [0.15, 0.2) is 91.3 Å². The molecule has 2 heterocycles. The average molecular weight is 464 g/mol. The minimum atomic E-state index is -0.513. The molecule has 0 aliphatic heterocycles. The molecule has 172 valence electrons. The quantitative estimate of drug-likeness (QED) is 0.207. The molecule has 0 radical (unpaired) electrons. The molecule has 0 unspecified atom stereocenters. The first-order valence-electron chi connectivity index (χ1n) is 10.8. The van der Waals surface area contributed by atoms with Crippen molar-refractivity contribution in [1.29, 1.82) is 0 Å². The lowest BCUT2D eigenvalue weighted by Crippen LogP contribution is -2.06. The van der Waals surface area contributed by atoms with Crippen molar-refractivity contribution < 1.29 is 9.66 Å². The zero-order valence-corrected chi connectivity index (χ0v) is 18.7. The van der Waals surface area contributed by atoms with Crippen molar-refractivity contribution >= 4 is 39.6 Å². The minimum Gasteiger partial charge on any atom is -0.457 e. The number of para-hydroxylation sites is 2. The third-order valence-electron chi connectivity index (χ3n) is 5.21. The summed E-state index contributed by atoms with van der Waals surface area (Å²) in [6, 6.07) is 25.9. The predicted molar refractivity (Wildman–Crippen MR) is 135 cm³/mol. The number of fused-ring (bicyclic) bond motifs is 1. The Labute approximate surface area is 200 Å². The molecule has 9 nitrogen and oxygen atoms in total. The molecule has 0 spiro atoms. The topological polar surface area (TPSA) is 115 Å². The highest BCUT2D eigenvalue weighted by molar-refractivity contribution is 5.93. The van der Waals surface area contributed by atoms with E-state index < -0.39 is 4.92 Å². The van der Waals surface area contributed by atoms with Crippen LogP contribution in [-0.2, 0) is 0 Å². The van der Waals surface area contributed by atoms with Gasteiger partial charge in [0, 0.05) is 16.8 Å². The van der Waals surface area contributed by atoms with Crippen molar-refractivity contribution in [1.82, 2.24) is 15.0 Å². The van der Waals surface area contributed by atoms with E-state index in [1.54, 1.807) is 30.3 Å². The summed E-state index contributed by atoms with van der Waals surface area (Å²) in [6.45, 7) is 1.89. The van der Waals surface area contributed by atoms with E-state index in [4.69, 9.17) is 4.74 Å². The Bertz CT molecular complexity index is 1510. The van der Waals surface area contributed by atoms with Crippen LogP contribution in [0.4, 0.5) is 28.7 Å². The fraction of sp³-hybridized carbons (Fsp3) is 0.0385. The van der Waals surface area contributed by atoms with E-state index in [1.807, 2.05) is 61.5 Å². The number of hydrogen-bond donors (Lipinski definition) is 2. The van der Waals surface area contributed by atoms with Gasteiger partial charge in [0.25, 0.3) is 0 Å². The van der Waals surface area contributed by atoms with Gasteiger partial charge in [-0.25, -0.2) is 9.97 Å². The van der Waals surface area contributed by atoms with Crippen LogP contribution in [-0.4, -0.2) is 19.9 Å². The van der Waals surface area contributed by atoms with Gasteiger partial charge >= 0.3 is 5.69 Å². The summed E-state index contributed by atoms with van der Waals surface area (Å²) >= 11 is 0. The fourth-order valence-corrected chi connectivity index (χ4v) is 3.58. The van der Waals surface area contributed by atoms with E-state index in [-0.39, 0.29) is 17.3 Å². The van der Waals surface area contributed by atoms with Gasteiger partial charge in [0.05, 0.1) is 16.1 Å². The molecular formula is C26H20N6O3. The van der Waals surface area contributed by atoms with Crippen LogP contribution in [0.3, 0.4) is 0 Å². The van der Waals surface area contributed by atoms with Crippen molar-refractivity contribution in [3.05, 3.63) is 107 Å². The van der Waals surface area contributed by atoms with Crippen molar-refractivity contribution in [2.45, 2.75) is 6.92 Å². The molecule has 0 fully saturated rings. The van der Waals surface area contributed by atoms with E-state index in [9.17, 15) is 10.1 Å². The second-order valence-corrected chi connectivity index (χ2v) is 7.70. The smallest absolute Gasteiger partial charge is 0.353 e. The van der Waals surface area contributed by atoms with Gasteiger partial charge in [0.2, 0.25) is 11.6 Å². The van der Waals surface area contributed by atoms with Crippen LogP contribution < -0.4 is 15.4 Å². The van der Waals surface area contributed by atoms with E-state index in [1.165, 1.54) is 6.33 Å². The SMILES string of the molecule is Cc1ccc2cccc(Nc3ncnc(Nc4ccc(Oc5ccccc5)cc4)c3[N+](=O)[O-])c2n1. The van der Waals surface area contributed by atoms with E-state index in [0.717, 1.165) is 11.1 Å². The predicted octanol–water partition coefficient (Wildman–Crippen LogP) is 6.52. The monoisotopic (exact) mass is 464 g/mol. The van der Waals surface area contributed by atoms with E-state index >= 15 is 0 Å². The summed E-state index contributed by atoms with van der Waals surface area (Å²) < 4.78 is 5.80. The molecule has 0 atom stereocenters. The average Bonchev–Trinajstić information content (AvgIpc) is 2.86. The fourth-order valence-electron chi connectivity index (χ4n) is 3.58. The summed E-state index contributed by atoms with van der Waals surface area (Å²) in [4.78, 5) is 24.3. The molecule has 2 N–H and O–H groups in total. The number of hydrogen-bond acceptors (Lipinski definition) is 8. The molecule has 0 bridgehead atoms. The number of pyridine rings is 1. The molecule has 0 aliphatic carbocycles. The summed E-state index contributed by atoms with van der Waals surface area (Å²) in [5.74, 6) is 1.48. The van der Waals surface area contributed by atoms with Gasteiger partial charge in [-0.3, -0.25) is 15.1 Å². The Kier molecular flexibility index (Phi) is 5.87. The molecule has 35 heavy (non-hydrogen) atoms. The zero-order chi connectivity index (χ0) is 24.2. The summed E-state index contributed by atoms with van der Waals surface area (Å²) in [5.41, 5.74) is 2.48. The summed E-state index contributed by atoms with van der Waals surface area (Å²) in [5, 5.41) is 19.0. The van der Waals surface area contributed by atoms with Crippen molar-refractivity contribution in [3.63, 3.8) is 0 Å². The molecule has 0 amide bonds. The number of aryl methyl sites for hydroxylation is 1. The van der Waals surface area contributed by atoms with Gasteiger partial charge < -0.3 is 15.4 Å². The minimum absolute atomic E-state index is 0.0623. The highest BCUT2D eigenvalue weighted by Crippen LogP contribution is 2.35. The Hall–Kier alpha value is -5.05. The number of benzene rings is 3. The highest BCUT2D eigenvalue weighted by atomic mass is 16.6. The lowest BCUT2D eigenvalue weighted by atomic mass is 10.1. The van der Waals surface area contributed by atoms with Gasteiger partial charge in [-0.05, 0) is 55.5 Å². The first kappa shape index (κ1) is 21.8. The van der Waals surface area contributed by atoms with Gasteiger partial charge in [0.1, 0.15) is 17.8 Å². The summed E-state index contributed by atoms with van der Waals surface area (Å²) in [7, 11) is 0. The van der Waals surface area contributed by atoms with Crippen LogP contribution in [0.1, 0.15) is 5.69 Å². The second kappa shape index (κ2) is 9.44.